The molecule has 7 N–H and O–H groups in total. The first-order chi connectivity index (χ1) is 13.5. The molecule has 1 aromatic carbocycles. The van der Waals surface area contributed by atoms with Gasteiger partial charge in [0.05, 0.1) is 30.8 Å². The molecule has 2 atom stereocenters. The second kappa shape index (κ2) is 10.9. The van der Waals surface area contributed by atoms with E-state index >= 15 is 0 Å². The molecule has 2 unspecified atom stereocenters. The Labute approximate surface area is 167 Å². The number of hydrogen-bond donors (Lipinski definition) is 6. The monoisotopic (exact) mass is 387 g/mol. The van der Waals surface area contributed by atoms with Crippen molar-refractivity contribution in [2.75, 3.05) is 52.2 Å². The summed E-state index contributed by atoms with van der Waals surface area (Å²) in [5, 5.41) is 31.3. The number of amidine groups is 1. The van der Waals surface area contributed by atoms with E-state index in [9.17, 15) is 0 Å². The first-order valence-corrected chi connectivity index (χ1v) is 9.78. The van der Waals surface area contributed by atoms with Crippen LogP contribution in [0.15, 0.2) is 18.2 Å². The average molecular weight is 388 g/mol. The highest BCUT2D eigenvalue weighted by atomic mass is 16.5. The lowest BCUT2D eigenvalue weighted by Crippen LogP contribution is -2.46. The van der Waals surface area contributed by atoms with E-state index in [-0.39, 0.29) is 12.0 Å². The molecule has 0 saturated carbocycles. The van der Waals surface area contributed by atoms with Crippen molar-refractivity contribution in [1.29, 1.82) is 16.2 Å². The van der Waals surface area contributed by atoms with E-state index < -0.39 is 0 Å². The summed E-state index contributed by atoms with van der Waals surface area (Å²) in [5.41, 5.74) is 8.74. The highest BCUT2D eigenvalue weighted by Crippen LogP contribution is 2.22. The predicted octanol–water partition coefficient (Wildman–Crippen LogP) is 1.27. The van der Waals surface area contributed by atoms with Gasteiger partial charge in [-0.15, -0.1) is 0 Å². The van der Waals surface area contributed by atoms with Gasteiger partial charge in [-0.05, 0) is 31.3 Å². The van der Waals surface area contributed by atoms with Crippen molar-refractivity contribution in [1.82, 2.24) is 15.5 Å². The van der Waals surface area contributed by atoms with Gasteiger partial charge in [-0.1, -0.05) is 13.0 Å². The fourth-order valence-corrected chi connectivity index (χ4v) is 3.40. The number of morpholine rings is 1. The number of rotatable bonds is 10. The van der Waals surface area contributed by atoms with E-state index in [4.69, 9.17) is 26.7 Å². The van der Waals surface area contributed by atoms with Crippen molar-refractivity contribution >= 4 is 23.4 Å². The maximum absolute atomic E-state index is 8.78. The highest BCUT2D eigenvalue weighted by molar-refractivity contribution is 6.08. The number of nitrogens with two attached hydrogens (primary N) is 1. The van der Waals surface area contributed by atoms with Gasteiger partial charge < -0.3 is 36.8 Å². The Morgan fingerprint density at radius 1 is 1.32 bits per heavy atom. The lowest BCUT2D eigenvalue weighted by atomic mass is 9.92. The third-order valence-corrected chi connectivity index (χ3v) is 5.01. The molecule has 0 bridgehead atoms. The van der Waals surface area contributed by atoms with Crippen molar-refractivity contribution in [3.63, 3.8) is 0 Å². The van der Waals surface area contributed by atoms with E-state index in [2.05, 4.69) is 10.6 Å². The van der Waals surface area contributed by atoms with Gasteiger partial charge in [0.15, 0.2) is 0 Å². The molecule has 0 spiro atoms. The fraction of sp³-hybridized carbons (Fsp3) is 0.550. The van der Waals surface area contributed by atoms with Gasteiger partial charge >= 0.3 is 0 Å². The minimum atomic E-state index is -0.291. The van der Waals surface area contributed by atoms with Crippen LogP contribution in [0.5, 0.6) is 0 Å². The van der Waals surface area contributed by atoms with Crippen LogP contribution >= 0.6 is 0 Å². The molecule has 1 aliphatic rings. The molecule has 1 aliphatic heterocycles. The molecule has 0 aliphatic carbocycles. The zero-order chi connectivity index (χ0) is 20.5. The van der Waals surface area contributed by atoms with E-state index in [1.807, 2.05) is 37.1 Å². The van der Waals surface area contributed by atoms with Crippen LogP contribution in [-0.2, 0) is 4.74 Å². The molecular formula is C20H33N7O. The van der Waals surface area contributed by atoms with Gasteiger partial charge in [0, 0.05) is 49.4 Å². The van der Waals surface area contributed by atoms with Gasteiger partial charge in [0.1, 0.15) is 0 Å². The van der Waals surface area contributed by atoms with Crippen LogP contribution in [0.4, 0.5) is 5.69 Å². The second-order valence-electron chi connectivity index (χ2n) is 6.95. The Hall–Kier alpha value is -2.29. The average Bonchev–Trinajstić information content (AvgIpc) is 2.72. The van der Waals surface area contributed by atoms with Crippen LogP contribution in [0, 0.1) is 16.2 Å². The van der Waals surface area contributed by atoms with E-state index in [0.717, 1.165) is 5.56 Å². The van der Waals surface area contributed by atoms with Gasteiger partial charge in [-0.2, -0.15) is 0 Å². The van der Waals surface area contributed by atoms with Crippen LogP contribution < -0.4 is 16.4 Å². The maximum Gasteiger partial charge on any atom is 0.0979 e. The van der Waals surface area contributed by atoms with Crippen LogP contribution in [0.3, 0.4) is 0 Å². The Bertz CT molecular complexity index is 685. The van der Waals surface area contributed by atoms with E-state index in [1.165, 1.54) is 6.21 Å². The van der Waals surface area contributed by atoms with Crippen molar-refractivity contribution in [2.24, 2.45) is 0 Å². The molecule has 8 nitrogen and oxygen atoms in total. The maximum atomic E-state index is 8.78. The summed E-state index contributed by atoms with van der Waals surface area (Å²) in [6, 6.07) is 5.34. The van der Waals surface area contributed by atoms with Crippen LogP contribution in [0.2, 0.25) is 0 Å². The highest BCUT2D eigenvalue weighted by Gasteiger charge is 2.23. The molecule has 154 valence electrons. The number of hydrogen-bond acceptors (Lipinski definition) is 7. The largest absolute Gasteiger partial charge is 0.398 e. The number of nitrogens with one attached hydrogen (secondary N) is 5. The van der Waals surface area contributed by atoms with E-state index in [0.29, 0.717) is 68.6 Å². The first-order valence-electron chi connectivity index (χ1n) is 9.78. The Morgan fingerprint density at radius 3 is 2.64 bits per heavy atom. The first kappa shape index (κ1) is 22.0. The summed E-state index contributed by atoms with van der Waals surface area (Å²) < 4.78 is 5.36. The van der Waals surface area contributed by atoms with Gasteiger partial charge in [0.2, 0.25) is 0 Å². The van der Waals surface area contributed by atoms with Gasteiger partial charge in [-0.25, -0.2) is 0 Å². The summed E-state index contributed by atoms with van der Waals surface area (Å²) in [6.45, 7) is 6.05. The second-order valence-corrected chi connectivity index (χ2v) is 6.95. The van der Waals surface area contributed by atoms with Crippen LogP contribution in [-0.4, -0.2) is 75.1 Å². The summed E-state index contributed by atoms with van der Waals surface area (Å²) >= 11 is 0. The molecule has 2 rings (SSSR count). The molecule has 1 heterocycles. The Kier molecular flexibility index (Phi) is 8.56. The lowest BCUT2D eigenvalue weighted by molar-refractivity contribution is 0.0667. The minimum absolute atomic E-state index is 0.0682. The zero-order valence-corrected chi connectivity index (χ0v) is 16.8. The normalized spacial score (nSPS) is 16.4. The van der Waals surface area contributed by atoms with Crippen LogP contribution in [0.1, 0.15) is 30.4 Å². The quantitative estimate of drug-likeness (QED) is 0.204. The molecule has 1 fully saturated rings. The minimum Gasteiger partial charge on any atom is -0.398 e. The smallest absolute Gasteiger partial charge is 0.0979 e. The number of likely N-dealkylation sites (N-methyl/N-ethyl adjacent to an activating group) is 2. The number of nitrogen functional groups attached to an aromatic ring is 1. The number of nitrogens with zero attached hydrogens (tertiary/aromatic N) is 1. The Morgan fingerprint density at radius 2 is 2.04 bits per heavy atom. The summed E-state index contributed by atoms with van der Waals surface area (Å²) in [5.74, 6) is 0.447. The van der Waals surface area contributed by atoms with Crippen molar-refractivity contribution in [2.45, 2.75) is 25.3 Å². The number of anilines is 1. The molecule has 28 heavy (non-hydrogen) atoms. The molecule has 8 heteroatoms. The standard InChI is InChI=1S/C20H33N7O/c1-3-26-18(11-19(23)27-6-8-28-9-7-27)20(24)16-10-14(4-5-17(16)22)15(12-21)13-25-2/h4-5,10,12,15,18,21,23-26H,3,6-9,11,13,22H2,1-2H3. The van der Waals surface area contributed by atoms with Crippen molar-refractivity contribution in [3.05, 3.63) is 29.3 Å². The Balaban J connectivity index is 2.21. The third-order valence-electron chi connectivity index (χ3n) is 5.01. The lowest BCUT2D eigenvalue weighted by Gasteiger charge is -2.31. The number of ether oxygens (including phenoxy) is 1. The molecule has 0 aromatic heterocycles. The third kappa shape index (κ3) is 5.60. The van der Waals surface area contributed by atoms with Gasteiger partial charge in [0.25, 0.3) is 0 Å². The fourth-order valence-electron chi connectivity index (χ4n) is 3.40. The van der Waals surface area contributed by atoms with Crippen LogP contribution in [0.25, 0.3) is 0 Å². The van der Waals surface area contributed by atoms with Gasteiger partial charge in [-0.3, -0.25) is 5.41 Å². The van der Waals surface area contributed by atoms with E-state index in [1.54, 1.807) is 0 Å². The predicted molar refractivity (Wildman–Crippen MR) is 115 cm³/mol. The molecule has 0 amide bonds. The summed E-state index contributed by atoms with van der Waals surface area (Å²) in [7, 11) is 1.86. The molecule has 1 saturated heterocycles. The molecule has 0 radical (unpaired) electrons. The molecular weight excluding hydrogens is 354 g/mol. The summed E-state index contributed by atoms with van der Waals surface area (Å²) in [4.78, 5) is 2.01. The van der Waals surface area contributed by atoms with Crippen molar-refractivity contribution < 1.29 is 4.74 Å². The molecule has 1 aromatic rings. The number of benzene rings is 1. The topological polar surface area (TPSA) is 134 Å². The summed E-state index contributed by atoms with van der Waals surface area (Å²) in [6.07, 6.45) is 1.84. The van der Waals surface area contributed by atoms with Crippen molar-refractivity contribution in [3.8, 4) is 0 Å². The SMILES string of the molecule is CCNC(CC(=N)N1CCOCC1)C(=N)c1cc(C(C=N)CNC)ccc1N. The zero-order valence-electron chi connectivity index (χ0n) is 16.8.